The molecule has 1 N–H and O–H groups in total. The van der Waals surface area contributed by atoms with Crippen LogP contribution in [-0.4, -0.2) is 48.2 Å². The standard InChI is InChI=1S/C20H29NO5/c1-4-25-16-7-9-17(10-8-16)26-13-5-6-18(22)21-12-11-20(14-21,15(2)3)19(23)24/h7-10,15H,4-6,11-14H2,1-3H3,(H,23,24). The van der Waals surface area contributed by atoms with Crippen molar-refractivity contribution in [2.75, 3.05) is 26.3 Å². The molecule has 1 aromatic carbocycles. The summed E-state index contributed by atoms with van der Waals surface area (Å²) in [7, 11) is 0. The van der Waals surface area contributed by atoms with Crippen molar-refractivity contribution in [2.45, 2.75) is 40.0 Å². The molecule has 1 saturated heterocycles. The van der Waals surface area contributed by atoms with Crippen molar-refractivity contribution in [3.8, 4) is 11.5 Å². The van der Waals surface area contributed by atoms with E-state index < -0.39 is 11.4 Å². The highest BCUT2D eigenvalue weighted by Crippen LogP contribution is 2.38. The van der Waals surface area contributed by atoms with Crippen LogP contribution in [0, 0.1) is 11.3 Å². The number of benzene rings is 1. The van der Waals surface area contributed by atoms with Crippen molar-refractivity contribution in [1.29, 1.82) is 0 Å². The zero-order valence-electron chi connectivity index (χ0n) is 15.9. The maximum atomic E-state index is 12.4. The van der Waals surface area contributed by atoms with Crippen molar-refractivity contribution in [2.24, 2.45) is 11.3 Å². The number of hydrogen-bond donors (Lipinski definition) is 1. The predicted molar refractivity (Wildman–Crippen MR) is 98.4 cm³/mol. The fraction of sp³-hybridized carbons (Fsp3) is 0.600. The van der Waals surface area contributed by atoms with Crippen LogP contribution >= 0.6 is 0 Å². The van der Waals surface area contributed by atoms with Gasteiger partial charge in [-0.05, 0) is 49.9 Å². The summed E-state index contributed by atoms with van der Waals surface area (Å²) in [6.45, 7) is 7.64. The number of carbonyl (C=O) groups is 2. The number of ether oxygens (including phenoxy) is 2. The molecule has 0 spiro atoms. The molecule has 1 fully saturated rings. The summed E-state index contributed by atoms with van der Waals surface area (Å²) in [6, 6.07) is 7.39. The zero-order valence-corrected chi connectivity index (χ0v) is 15.9. The summed E-state index contributed by atoms with van der Waals surface area (Å²) in [5.41, 5.74) is -0.811. The van der Waals surface area contributed by atoms with Gasteiger partial charge in [0.25, 0.3) is 0 Å². The molecule has 0 aliphatic carbocycles. The molecule has 1 heterocycles. The second-order valence-electron chi connectivity index (χ2n) is 7.04. The van der Waals surface area contributed by atoms with E-state index in [1.807, 2.05) is 45.0 Å². The number of rotatable bonds is 9. The third kappa shape index (κ3) is 4.68. The van der Waals surface area contributed by atoms with Crippen molar-refractivity contribution < 1.29 is 24.2 Å². The van der Waals surface area contributed by atoms with E-state index in [1.54, 1.807) is 4.90 Å². The quantitative estimate of drug-likeness (QED) is 0.682. The highest BCUT2D eigenvalue weighted by Gasteiger charge is 2.48. The first-order valence-corrected chi connectivity index (χ1v) is 9.26. The van der Waals surface area contributed by atoms with Gasteiger partial charge in [0.2, 0.25) is 5.91 Å². The molecular weight excluding hydrogens is 334 g/mol. The van der Waals surface area contributed by atoms with E-state index in [0.717, 1.165) is 11.5 Å². The molecule has 6 nitrogen and oxygen atoms in total. The molecule has 0 aromatic heterocycles. The van der Waals surface area contributed by atoms with E-state index in [4.69, 9.17) is 9.47 Å². The smallest absolute Gasteiger partial charge is 0.311 e. The highest BCUT2D eigenvalue weighted by molar-refractivity contribution is 5.80. The Kier molecular flexibility index (Phi) is 6.89. The minimum atomic E-state index is -0.811. The Labute approximate surface area is 155 Å². The fourth-order valence-corrected chi connectivity index (χ4v) is 3.31. The van der Waals surface area contributed by atoms with Crippen LogP contribution in [0.1, 0.15) is 40.0 Å². The molecule has 1 aliphatic rings. The summed E-state index contributed by atoms with van der Waals surface area (Å²) in [6.07, 6.45) is 1.49. The van der Waals surface area contributed by atoms with Crippen molar-refractivity contribution in [3.05, 3.63) is 24.3 Å². The third-order valence-electron chi connectivity index (χ3n) is 5.12. The zero-order chi connectivity index (χ0) is 19.2. The SMILES string of the molecule is CCOc1ccc(OCCCC(=O)N2CCC(C(=O)O)(C(C)C)C2)cc1. The van der Waals surface area contributed by atoms with E-state index in [1.165, 1.54) is 0 Å². The Morgan fingerprint density at radius 1 is 1.19 bits per heavy atom. The molecule has 0 radical (unpaired) electrons. The number of likely N-dealkylation sites (tertiary alicyclic amines) is 1. The molecule has 26 heavy (non-hydrogen) atoms. The van der Waals surface area contributed by atoms with E-state index >= 15 is 0 Å². The van der Waals surface area contributed by atoms with E-state index in [2.05, 4.69) is 0 Å². The van der Waals surface area contributed by atoms with Gasteiger partial charge in [-0.25, -0.2) is 0 Å². The Hall–Kier alpha value is -2.24. The fourth-order valence-electron chi connectivity index (χ4n) is 3.31. The first-order valence-electron chi connectivity index (χ1n) is 9.26. The number of carbonyl (C=O) groups excluding carboxylic acids is 1. The van der Waals surface area contributed by atoms with Crippen molar-refractivity contribution >= 4 is 11.9 Å². The number of hydrogen-bond acceptors (Lipinski definition) is 4. The van der Waals surface area contributed by atoms with Gasteiger partial charge < -0.3 is 19.5 Å². The number of carboxylic acid groups (broad SMARTS) is 1. The van der Waals surface area contributed by atoms with Crippen LogP contribution in [0.25, 0.3) is 0 Å². The van der Waals surface area contributed by atoms with Crippen LogP contribution in [0.4, 0.5) is 0 Å². The van der Waals surface area contributed by atoms with Crippen LogP contribution in [-0.2, 0) is 9.59 Å². The molecule has 0 bridgehead atoms. The average Bonchev–Trinajstić information content (AvgIpc) is 3.07. The van der Waals surface area contributed by atoms with E-state index in [-0.39, 0.29) is 11.8 Å². The maximum absolute atomic E-state index is 12.4. The summed E-state index contributed by atoms with van der Waals surface area (Å²) >= 11 is 0. The van der Waals surface area contributed by atoms with Gasteiger partial charge in [0.1, 0.15) is 11.5 Å². The molecule has 1 unspecified atom stereocenters. The third-order valence-corrected chi connectivity index (χ3v) is 5.12. The number of amides is 1. The van der Waals surface area contributed by atoms with E-state index in [0.29, 0.717) is 45.6 Å². The van der Waals surface area contributed by atoms with Gasteiger partial charge in [-0.2, -0.15) is 0 Å². The molecule has 1 aliphatic heterocycles. The monoisotopic (exact) mass is 363 g/mol. The number of nitrogens with zero attached hydrogens (tertiary/aromatic N) is 1. The molecule has 0 saturated carbocycles. The second-order valence-corrected chi connectivity index (χ2v) is 7.04. The Morgan fingerprint density at radius 3 is 2.31 bits per heavy atom. The van der Waals surface area contributed by atoms with Crippen LogP contribution < -0.4 is 9.47 Å². The van der Waals surface area contributed by atoms with Crippen LogP contribution in [0.5, 0.6) is 11.5 Å². The molecule has 1 amide bonds. The Balaban J connectivity index is 1.75. The van der Waals surface area contributed by atoms with Crippen molar-refractivity contribution in [1.82, 2.24) is 4.90 Å². The van der Waals surface area contributed by atoms with Crippen LogP contribution in [0.15, 0.2) is 24.3 Å². The number of aliphatic carboxylic acids is 1. The Bertz CT molecular complexity index is 613. The normalized spacial score (nSPS) is 19.6. The first kappa shape index (κ1) is 20.1. The molecule has 1 aromatic rings. The highest BCUT2D eigenvalue weighted by atomic mass is 16.5. The molecule has 144 valence electrons. The average molecular weight is 363 g/mol. The number of carboxylic acids is 1. The van der Waals surface area contributed by atoms with Crippen molar-refractivity contribution in [3.63, 3.8) is 0 Å². The lowest BCUT2D eigenvalue weighted by Gasteiger charge is -2.28. The maximum Gasteiger partial charge on any atom is 0.311 e. The van der Waals surface area contributed by atoms with Crippen LogP contribution in [0.2, 0.25) is 0 Å². The summed E-state index contributed by atoms with van der Waals surface area (Å²) in [5.74, 6) is 0.745. The lowest BCUT2D eigenvalue weighted by molar-refractivity contribution is -0.151. The summed E-state index contributed by atoms with van der Waals surface area (Å²) < 4.78 is 11.0. The van der Waals surface area contributed by atoms with Gasteiger partial charge in [0.15, 0.2) is 0 Å². The lowest BCUT2D eigenvalue weighted by Crippen LogP contribution is -2.40. The van der Waals surface area contributed by atoms with E-state index in [9.17, 15) is 14.7 Å². The lowest BCUT2D eigenvalue weighted by atomic mass is 9.76. The summed E-state index contributed by atoms with van der Waals surface area (Å²) in [5, 5.41) is 9.56. The largest absolute Gasteiger partial charge is 0.494 e. The molecule has 6 heteroatoms. The molecule has 2 rings (SSSR count). The van der Waals surface area contributed by atoms with Gasteiger partial charge in [-0.3, -0.25) is 9.59 Å². The molecular formula is C20H29NO5. The minimum absolute atomic E-state index is 0.000734. The summed E-state index contributed by atoms with van der Waals surface area (Å²) in [4.78, 5) is 25.7. The van der Waals surface area contributed by atoms with Gasteiger partial charge in [-0.1, -0.05) is 13.8 Å². The first-order chi connectivity index (χ1) is 12.4. The van der Waals surface area contributed by atoms with Gasteiger partial charge >= 0.3 is 5.97 Å². The van der Waals surface area contributed by atoms with Gasteiger partial charge in [-0.15, -0.1) is 0 Å². The molecule has 1 atom stereocenters. The predicted octanol–water partition coefficient (Wildman–Crippen LogP) is 3.20. The second kappa shape index (κ2) is 8.92. The van der Waals surface area contributed by atoms with Gasteiger partial charge in [0.05, 0.1) is 18.6 Å². The Morgan fingerprint density at radius 2 is 1.81 bits per heavy atom. The van der Waals surface area contributed by atoms with Crippen LogP contribution in [0.3, 0.4) is 0 Å². The minimum Gasteiger partial charge on any atom is -0.494 e. The van der Waals surface area contributed by atoms with Gasteiger partial charge in [0, 0.05) is 19.5 Å². The topological polar surface area (TPSA) is 76.1 Å².